The number of nitrogens with zero attached hydrogens (tertiary/aromatic N) is 1. The van der Waals surface area contributed by atoms with Crippen LogP contribution in [0.5, 0.6) is 11.5 Å². The molecule has 0 N–H and O–H groups in total. The summed E-state index contributed by atoms with van der Waals surface area (Å²) in [4.78, 5) is 15.7. The molecule has 1 heterocycles. The lowest BCUT2D eigenvalue weighted by atomic mass is 10.0. The zero-order valence-electron chi connectivity index (χ0n) is 12.1. The minimum absolute atomic E-state index is 0.0409. The first kappa shape index (κ1) is 14.3. The number of ether oxygens (including phenoxy) is 1. The highest BCUT2D eigenvalue weighted by Crippen LogP contribution is 2.29. The Bertz CT molecular complexity index is 588. The summed E-state index contributed by atoms with van der Waals surface area (Å²) in [5, 5.41) is 0. The van der Waals surface area contributed by atoms with E-state index in [-0.39, 0.29) is 5.78 Å². The summed E-state index contributed by atoms with van der Waals surface area (Å²) in [7, 11) is 0. The highest BCUT2D eigenvalue weighted by molar-refractivity contribution is 5.93. The number of hydrogen-bond donors (Lipinski definition) is 0. The van der Waals surface area contributed by atoms with Crippen LogP contribution in [0.25, 0.3) is 0 Å². The molecule has 3 nitrogen and oxygen atoms in total. The van der Waals surface area contributed by atoms with Crippen molar-refractivity contribution in [3.8, 4) is 11.5 Å². The van der Waals surface area contributed by atoms with E-state index in [2.05, 4.69) is 24.9 Å². The number of pyridine rings is 1. The van der Waals surface area contributed by atoms with E-state index in [4.69, 9.17) is 4.74 Å². The molecule has 0 aliphatic carbocycles. The van der Waals surface area contributed by atoms with Gasteiger partial charge in [0.05, 0.1) is 6.20 Å². The van der Waals surface area contributed by atoms with Crippen molar-refractivity contribution in [1.82, 2.24) is 4.98 Å². The molecular formula is C17H19NO2. The van der Waals surface area contributed by atoms with Gasteiger partial charge in [0.2, 0.25) is 0 Å². The monoisotopic (exact) mass is 269 g/mol. The molecule has 1 aromatic heterocycles. The fraction of sp³-hybridized carbons (Fsp3) is 0.294. The normalized spacial score (nSPS) is 10.6. The zero-order valence-corrected chi connectivity index (χ0v) is 12.1. The number of para-hydroxylation sites is 1. The summed E-state index contributed by atoms with van der Waals surface area (Å²) < 4.78 is 5.87. The topological polar surface area (TPSA) is 39.2 Å². The molecule has 0 spiro atoms. The van der Waals surface area contributed by atoms with E-state index in [0.29, 0.717) is 23.8 Å². The molecule has 2 aromatic rings. The van der Waals surface area contributed by atoms with E-state index in [1.165, 1.54) is 0 Å². The number of Topliss-reactive ketones (excluding diaryl/α,β-unsaturated/α-hetero) is 1. The molecule has 104 valence electrons. The summed E-state index contributed by atoms with van der Waals surface area (Å²) in [5.74, 6) is 1.91. The van der Waals surface area contributed by atoms with Gasteiger partial charge in [-0.15, -0.1) is 0 Å². The minimum atomic E-state index is 0.0409. The minimum Gasteiger partial charge on any atom is -0.455 e. The Balaban J connectivity index is 2.20. The second-order valence-electron chi connectivity index (χ2n) is 4.95. The summed E-state index contributed by atoms with van der Waals surface area (Å²) >= 11 is 0. The van der Waals surface area contributed by atoms with Gasteiger partial charge in [0.15, 0.2) is 5.78 Å². The smallest absolute Gasteiger partial charge is 0.180 e. The number of carbonyl (C=O) groups excluding carboxylic acids is 1. The fourth-order valence-corrected chi connectivity index (χ4v) is 1.96. The fourth-order valence-electron chi connectivity index (χ4n) is 1.96. The number of benzene rings is 1. The lowest BCUT2D eigenvalue weighted by Crippen LogP contribution is -2.00. The lowest BCUT2D eigenvalue weighted by Gasteiger charge is -2.13. The number of hydrogen-bond acceptors (Lipinski definition) is 3. The predicted molar refractivity (Wildman–Crippen MR) is 79.5 cm³/mol. The second kappa shape index (κ2) is 6.33. The number of aromatic nitrogens is 1. The molecule has 2 rings (SSSR count). The molecule has 0 radical (unpaired) electrons. The Morgan fingerprint density at radius 3 is 2.55 bits per heavy atom. The highest BCUT2D eigenvalue weighted by atomic mass is 16.5. The quantitative estimate of drug-likeness (QED) is 0.745. The van der Waals surface area contributed by atoms with Gasteiger partial charge in [0.25, 0.3) is 0 Å². The summed E-state index contributed by atoms with van der Waals surface area (Å²) in [6.07, 6.45) is 2.06. The molecule has 0 unspecified atom stereocenters. The molecule has 0 bridgehead atoms. The summed E-state index contributed by atoms with van der Waals surface area (Å²) in [5.41, 5.74) is 1.64. The SMILES string of the molecule is CCC(=O)c1ccc(Oc2ccccc2C(C)C)cn1. The Labute approximate surface area is 119 Å². The van der Waals surface area contributed by atoms with E-state index >= 15 is 0 Å². The van der Waals surface area contributed by atoms with Gasteiger partial charge in [-0.1, -0.05) is 39.0 Å². The maximum atomic E-state index is 11.5. The molecule has 1 aromatic carbocycles. The first-order valence-corrected chi connectivity index (χ1v) is 6.87. The van der Waals surface area contributed by atoms with Gasteiger partial charge in [-0.25, -0.2) is 4.98 Å². The van der Waals surface area contributed by atoms with Crippen LogP contribution in [0.2, 0.25) is 0 Å². The van der Waals surface area contributed by atoms with E-state index in [1.807, 2.05) is 25.1 Å². The Hall–Kier alpha value is -2.16. The summed E-state index contributed by atoms with van der Waals surface area (Å²) in [6, 6.07) is 11.4. The van der Waals surface area contributed by atoms with Crippen molar-refractivity contribution in [2.45, 2.75) is 33.1 Å². The highest BCUT2D eigenvalue weighted by Gasteiger charge is 2.09. The third-order valence-electron chi connectivity index (χ3n) is 3.11. The second-order valence-corrected chi connectivity index (χ2v) is 4.95. The Morgan fingerprint density at radius 2 is 1.95 bits per heavy atom. The van der Waals surface area contributed by atoms with Crippen LogP contribution in [0.1, 0.15) is 49.2 Å². The van der Waals surface area contributed by atoms with Crippen molar-refractivity contribution < 1.29 is 9.53 Å². The van der Waals surface area contributed by atoms with E-state index in [9.17, 15) is 4.79 Å². The average Bonchev–Trinajstić information content (AvgIpc) is 2.47. The van der Waals surface area contributed by atoms with Crippen LogP contribution in [0.4, 0.5) is 0 Å². The molecule has 20 heavy (non-hydrogen) atoms. The molecule has 0 aliphatic heterocycles. The molecule has 3 heteroatoms. The molecule has 0 saturated carbocycles. The molecule has 0 aliphatic rings. The van der Waals surface area contributed by atoms with E-state index in [0.717, 1.165) is 11.3 Å². The van der Waals surface area contributed by atoms with Crippen LogP contribution in [0, 0.1) is 0 Å². The Morgan fingerprint density at radius 1 is 1.20 bits per heavy atom. The maximum Gasteiger partial charge on any atom is 0.180 e. The predicted octanol–water partition coefficient (Wildman–Crippen LogP) is 4.59. The average molecular weight is 269 g/mol. The van der Waals surface area contributed by atoms with Gasteiger partial charge < -0.3 is 4.74 Å². The third kappa shape index (κ3) is 3.23. The number of carbonyl (C=O) groups is 1. The molecular weight excluding hydrogens is 250 g/mol. The standard InChI is InChI=1S/C17H19NO2/c1-4-16(19)15-10-9-13(11-18-15)20-17-8-6-5-7-14(17)12(2)3/h5-12H,4H2,1-3H3. The van der Waals surface area contributed by atoms with Crippen molar-refractivity contribution in [3.05, 3.63) is 53.9 Å². The van der Waals surface area contributed by atoms with Gasteiger partial charge in [-0.2, -0.15) is 0 Å². The van der Waals surface area contributed by atoms with Crippen LogP contribution in [-0.4, -0.2) is 10.8 Å². The van der Waals surface area contributed by atoms with Crippen molar-refractivity contribution in [3.63, 3.8) is 0 Å². The molecule has 0 fully saturated rings. The number of ketones is 1. The van der Waals surface area contributed by atoms with Gasteiger partial charge in [0.1, 0.15) is 17.2 Å². The third-order valence-corrected chi connectivity index (χ3v) is 3.11. The van der Waals surface area contributed by atoms with Crippen molar-refractivity contribution in [2.24, 2.45) is 0 Å². The largest absolute Gasteiger partial charge is 0.455 e. The summed E-state index contributed by atoms with van der Waals surface area (Å²) in [6.45, 7) is 6.08. The van der Waals surface area contributed by atoms with E-state index in [1.54, 1.807) is 18.3 Å². The number of rotatable bonds is 5. The van der Waals surface area contributed by atoms with Crippen molar-refractivity contribution in [1.29, 1.82) is 0 Å². The van der Waals surface area contributed by atoms with Crippen LogP contribution >= 0.6 is 0 Å². The first-order chi connectivity index (χ1) is 9.61. The lowest BCUT2D eigenvalue weighted by molar-refractivity contribution is 0.0983. The molecule has 0 amide bonds. The van der Waals surface area contributed by atoms with Crippen LogP contribution in [0.15, 0.2) is 42.6 Å². The van der Waals surface area contributed by atoms with Crippen molar-refractivity contribution >= 4 is 5.78 Å². The Kier molecular flexibility index (Phi) is 4.51. The van der Waals surface area contributed by atoms with Crippen LogP contribution < -0.4 is 4.74 Å². The van der Waals surface area contributed by atoms with Crippen LogP contribution in [0.3, 0.4) is 0 Å². The van der Waals surface area contributed by atoms with Crippen LogP contribution in [-0.2, 0) is 0 Å². The van der Waals surface area contributed by atoms with Crippen molar-refractivity contribution in [2.75, 3.05) is 0 Å². The van der Waals surface area contributed by atoms with Gasteiger partial charge in [-0.3, -0.25) is 4.79 Å². The molecule has 0 saturated heterocycles. The van der Waals surface area contributed by atoms with Gasteiger partial charge in [0, 0.05) is 6.42 Å². The van der Waals surface area contributed by atoms with E-state index < -0.39 is 0 Å². The zero-order chi connectivity index (χ0) is 14.5. The van der Waals surface area contributed by atoms with Gasteiger partial charge in [-0.05, 0) is 29.7 Å². The van der Waals surface area contributed by atoms with Gasteiger partial charge >= 0.3 is 0 Å². The maximum absolute atomic E-state index is 11.5. The molecule has 0 atom stereocenters. The first-order valence-electron chi connectivity index (χ1n) is 6.87.